The van der Waals surface area contributed by atoms with Crippen molar-refractivity contribution in [2.45, 2.75) is 63.1 Å². The highest BCUT2D eigenvalue weighted by molar-refractivity contribution is 9.10. The largest absolute Gasteiger partial charge is 0.393 e. The van der Waals surface area contributed by atoms with Crippen molar-refractivity contribution < 1.29 is 9.90 Å². The van der Waals surface area contributed by atoms with E-state index in [2.05, 4.69) is 39.9 Å². The van der Waals surface area contributed by atoms with Crippen LogP contribution in [0, 0.1) is 0 Å². The minimum Gasteiger partial charge on any atom is -0.393 e. The summed E-state index contributed by atoms with van der Waals surface area (Å²) in [5.74, 6) is 0.488. The van der Waals surface area contributed by atoms with Crippen molar-refractivity contribution in [3.63, 3.8) is 0 Å². The number of fused-ring (bicyclic) bond motifs is 2. The minimum absolute atomic E-state index is 0.213. The Balaban J connectivity index is 1.65. The zero-order valence-corrected chi connectivity index (χ0v) is 13.9. The number of carbonyl (C=O) groups excluding carboxylic acids is 1. The summed E-state index contributed by atoms with van der Waals surface area (Å²) in [6.45, 7) is 2.11. The van der Waals surface area contributed by atoms with Crippen LogP contribution in [0.1, 0.15) is 50.5 Å². The zero-order valence-electron chi connectivity index (χ0n) is 12.3. The van der Waals surface area contributed by atoms with Crippen molar-refractivity contribution >= 4 is 21.8 Å². The number of amides is 1. The Labute approximate surface area is 134 Å². The Morgan fingerprint density at radius 1 is 1.29 bits per heavy atom. The molecule has 2 saturated heterocycles. The SMILES string of the molecule is CC(CC(=O)N1C2CCC1CC(O)C2)c1ccc(Br)cc1. The van der Waals surface area contributed by atoms with Crippen LogP contribution in [-0.4, -0.2) is 34.1 Å². The molecule has 2 aliphatic heterocycles. The molecule has 0 saturated carbocycles. The summed E-state index contributed by atoms with van der Waals surface area (Å²) in [6, 6.07) is 8.74. The van der Waals surface area contributed by atoms with Gasteiger partial charge in [0.1, 0.15) is 0 Å². The lowest BCUT2D eigenvalue weighted by molar-refractivity contribution is -0.137. The fraction of sp³-hybridized carbons (Fsp3) is 0.588. The van der Waals surface area contributed by atoms with Gasteiger partial charge in [-0.15, -0.1) is 0 Å². The number of benzene rings is 1. The van der Waals surface area contributed by atoms with Gasteiger partial charge in [0.05, 0.1) is 6.10 Å². The molecule has 21 heavy (non-hydrogen) atoms. The molecule has 2 fully saturated rings. The topological polar surface area (TPSA) is 40.5 Å². The van der Waals surface area contributed by atoms with Gasteiger partial charge in [-0.25, -0.2) is 0 Å². The van der Waals surface area contributed by atoms with Crippen molar-refractivity contribution in [2.24, 2.45) is 0 Å². The fourth-order valence-electron chi connectivity index (χ4n) is 3.83. The highest BCUT2D eigenvalue weighted by atomic mass is 79.9. The van der Waals surface area contributed by atoms with E-state index >= 15 is 0 Å². The molecule has 2 bridgehead atoms. The highest BCUT2D eigenvalue weighted by Crippen LogP contribution is 2.37. The van der Waals surface area contributed by atoms with E-state index in [1.54, 1.807) is 0 Å². The first-order chi connectivity index (χ1) is 10.0. The summed E-state index contributed by atoms with van der Waals surface area (Å²) < 4.78 is 1.06. The molecular formula is C17H22BrNO2. The van der Waals surface area contributed by atoms with Gasteiger partial charge in [0, 0.05) is 23.0 Å². The number of nitrogens with zero attached hydrogens (tertiary/aromatic N) is 1. The molecule has 3 nitrogen and oxygen atoms in total. The van der Waals surface area contributed by atoms with Crippen molar-refractivity contribution in [3.05, 3.63) is 34.3 Å². The lowest BCUT2D eigenvalue weighted by Crippen LogP contribution is -2.48. The van der Waals surface area contributed by atoms with Crippen LogP contribution in [0.25, 0.3) is 0 Å². The van der Waals surface area contributed by atoms with Crippen LogP contribution in [0.3, 0.4) is 0 Å². The molecule has 3 unspecified atom stereocenters. The molecule has 3 rings (SSSR count). The molecule has 1 aromatic rings. The van der Waals surface area contributed by atoms with Crippen LogP contribution >= 0.6 is 15.9 Å². The number of halogens is 1. The van der Waals surface area contributed by atoms with E-state index < -0.39 is 0 Å². The summed E-state index contributed by atoms with van der Waals surface area (Å²) >= 11 is 3.44. The number of hydrogen-bond donors (Lipinski definition) is 1. The fourth-order valence-corrected chi connectivity index (χ4v) is 4.10. The Kier molecular flexibility index (Phi) is 4.36. The lowest BCUT2D eigenvalue weighted by atomic mass is 9.94. The number of piperidine rings is 1. The van der Waals surface area contributed by atoms with Crippen molar-refractivity contribution in [2.75, 3.05) is 0 Å². The van der Waals surface area contributed by atoms with Crippen LogP contribution in [0.2, 0.25) is 0 Å². The average molecular weight is 352 g/mol. The van der Waals surface area contributed by atoms with Gasteiger partial charge < -0.3 is 10.0 Å². The Morgan fingerprint density at radius 2 is 1.86 bits per heavy atom. The van der Waals surface area contributed by atoms with E-state index in [9.17, 15) is 9.90 Å². The van der Waals surface area contributed by atoms with Crippen molar-refractivity contribution in [1.82, 2.24) is 4.90 Å². The van der Waals surface area contributed by atoms with Gasteiger partial charge in [-0.3, -0.25) is 4.79 Å². The number of hydrogen-bond acceptors (Lipinski definition) is 2. The molecule has 2 heterocycles. The molecular weight excluding hydrogens is 330 g/mol. The number of aliphatic hydroxyl groups excluding tert-OH is 1. The van der Waals surface area contributed by atoms with Gasteiger partial charge >= 0.3 is 0 Å². The van der Waals surface area contributed by atoms with Gasteiger partial charge in [-0.1, -0.05) is 35.0 Å². The van der Waals surface area contributed by atoms with Gasteiger partial charge in [-0.05, 0) is 49.3 Å². The first kappa shape index (κ1) is 15.0. The maximum absolute atomic E-state index is 12.7. The monoisotopic (exact) mass is 351 g/mol. The van der Waals surface area contributed by atoms with Crippen LogP contribution in [0.15, 0.2) is 28.7 Å². The van der Waals surface area contributed by atoms with Crippen LogP contribution in [-0.2, 0) is 4.79 Å². The molecule has 2 aliphatic rings. The molecule has 0 aliphatic carbocycles. The smallest absolute Gasteiger partial charge is 0.223 e. The van der Waals surface area contributed by atoms with Gasteiger partial charge in [0.2, 0.25) is 5.91 Å². The third-order valence-electron chi connectivity index (χ3n) is 4.92. The number of rotatable bonds is 3. The molecule has 0 radical (unpaired) electrons. The highest BCUT2D eigenvalue weighted by Gasteiger charge is 2.42. The summed E-state index contributed by atoms with van der Waals surface area (Å²) in [6.07, 6.45) is 3.98. The average Bonchev–Trinajstić information content (AvgIpc) is 2.72. The van der Waals surface area contributed by atoms with E-state index in [0.717, 1.165) is 30.2 Å². The van der Waals surface area contributed by atoms with Gasteiger partial charge in [-0.2, -0.15) is 0 Å². The van der Waals surface area contributed by atoms with Crippen LogP contribution in [0.4, 0.5) is 0 Å². The second-order valence-corrected chi connectivity index (χ2v) is 7.38. The lowest BCUT2D eigenvalue weighted by Gasteiger charge is -2.37. The molecule has 1 N–H and O–H groups in total. The molecule has 3 atom stereocenters. The first-order valence-electron chi connectivity index (χ1n) is 7.79. The molecule has 4 heteroatoms. The second kappa shape index (κ2) is 6.09. The number of aliphatic hydroxyl groups is 1. The van der Waals surface area contributed by atoms with E-state index in [-0.39, 0.29) is 30.0 Å². The maximum atomic E-state index is 12.7. The van der Waals surface area contributed by atoms with Crippen molar-refractivity contribution in [3.8, 4) is 0 Å². The summed E-state index contributed by atoms with van der Waals surface area (Å²) in [5.41, 5.74) is 1.20. The van der Waals surface area contributed by atoms with Crippen LogP contribution in [0.5, 0.6) is 0 Å². The van der Waals surface area contributed by atoms with E-state index in [4.69, 9.17) is 0 Å². The zero-order chi connectivity index (χ0) is 15.0. The quantitative estimate of drug-likeness (QED) is 0.905. The first-order valence-corrected chi connectivity index (χ1v) is 8.58. The summed E-state index contributed by atoms with van der Waals surface area (Å²) in [7, 11) is 0. The maximum Gasteiger partial charge on any atom is 0.223 e. The van der Waals surface area contributed by atoms with Gasteiger partial charge in [0.15, 0.2) is 0 Å². The third-order valence-corrected chi connectivity index (χ3v) is 5.44. The Hall–Kier alpha value is -0.870. The predicted octanol–water partition coefficient (Wildman–Crippen LogP) is 3.46. The molecule has 1 amide bonds. The Bertz CT molecular complexity index is 502. The molecule has 0 aromatic heterocycles. The number of carbonyl (C=O) groups is 1. The molecule has 114 valence electrons. The minimum atomic E-state index is -0.213. The van der Waals surface area contributed by atoms with E-state index in [1.165, 1.54) is 5.56 Å². The third kappa shape index (κ3) is 3.16. The second-order valence-electron chi connectivity index (χ2n) is 6.47. The van der Waals surface area contributed by atoms with Gasteiger partial charge in [0.25, 0.3) is 0 Å². The van der Waals surface area contributed by atoms with E-state index in [0.29, 0.717) is 6.42 Å². The molecule has 1 aromatic carbocycles. The van der Waals surface area contributed by atoms with Crippen molar-refractivity contribution in [1.29, 1.82) is 0 Å². The summed E-state index contributed by atoms with van der Waals surface area (Å²) in [4.78, 5) is 14.7. The standard InChI is InChI=1S/C17H22BrNO2/c1-11(12-2-4-13(18)5-3-12)8-17(21)19-14-6-7-15(19)10-16(20)9-14/h2-5,11,14-16,20H,6-10H2,1H3. The predicted molar refractivity (Wildman–Crippen MR) is 86.1 cm³/mol. The molecule has 0 spiro atoms. The normalized spacial score (nSPS) is 29.5. The Morgan fingerprint density at radius 3 is 2.43 bits per heavy atom. The summed E-state index contributed by atoms with van der Waals surface area (Å²) in [5, 5.41) is 9.83. The van der Waals surface area contributed by atoms with Crippen LogP contribution < -0.4 is 0 Å². The van der Waals surface area contributed by atoms with E-state index in [1.807, 2.05) is 12.1 Å².